The molecular formula is C24H30N2O4. The van der Waals surface area contributed by atoms with E-state index in [1.165, 1.54) is 5.56 Å². The second-order valence-corrected chi connectivity index (χ2v) is 7.62. The van der Waals surface area contributed by atoms with E-state index in [1.807, 2.05) is 49.4 Å². The van der Waals surface area contributed by atoms with Gasteiger partial charge in [-0.3, -0.25) is 9.59 Å². The van der Waals surface area contributed by atoms with Crippen LogP contribution in [0.4, 0.5) is 0 Å². The normalized spacial score (nSPS) is 14.0. The number of piperazine rings is 1. The van der Waals surface area contributed by atoms with Crippen LogP contribution >= 0.6 is 0 Å². The van der Waals surface area contributed by atoms with E-state index in [1.54, 1.807) is 15.9 Å². The highest BCUT2D eigenvalue weighted by Crippen LogP contribution is 2.26. The zero-order valence-corrected chi connectivity index (χ0v) is 18.0. The Balaban J connectivity index is 1.50. The lowest BCUT2D eigenvalue weighted by molar-refractivity contribution is -0.134. The molecule has 1 saturated heterocycles. The molecule has 0 aromatic heterocycles. The molecule has 0 unspecified atom stereocenters. The Morgan fingerprint density at radius 1 is 0.867 bits per heavy atom. The van der Waals surface area contributed by atoms with E-state index in [2.05, 4.69) is 13.8 Å². The minimum absolute atomic E-state index is 0.0132. The summed E-state index contributed by atoms with van der Waals surface area (Å²) in [6, 6.07) is 15.1. The third-order valence-corrected chi connectivity index (χ3v) is 5.24. The maximum absolute atomic E-state index is 12.8. The summed E-state index contributed by atoms with van der Waals surface area (Å²) < 4.78 is 11.2. The van der Waals surface area contributed by atoms with Crippen molar-refractivity contribution in [3.05, 3.63) is 59.7 Å². The molecule has 3 rings (SSSR count). The van der Waals surface area contributed by atoms with Crippen LogP contribution in [0.3, 0.4) is 0 Å². The average molecular weight is 411 g/mol. The summed E-state index contributed by atoms with van der Waals surface area (Å²) in [5.41, 5.74) is 1.91. The summed E-state index contributed by atoms with van der Waals surface area (Å²) in [4.78, 5) is 28.8. The molecular weight excluding hydrogens is 380 g/mol. The van der Waals surface area contributed by atoms with Gasteiger partial charge in [0, 0.05) is 31.7 Å². The molecule has 2 aromatic carbocycles. The Hall–Kier alpha value is -3.02. The minimum Gasteiger partial charge on any atom is -0.490 e. The van der Waals surface area contributed by atoms with Crippen molar-refractivity contribution < 1.29 is 19.1 Å². The lowest BCUT2D eigenvalue weighted by Crippen LogP contribution is -2.51. The van der Waals surface area contributed by atoms with Crippen LogP contribution < -0.4 is 9.47 Å². The standard InChI is InChI=1S/C24H30N2O4/c1-4-29-21-7-5-6-8-22(21)30-17-23(27)25-13-15-26(16-14-25)24(28)20-11-9-19(10-12-20)18(2)3/h5-12,18H,4,13-17H2,1-3H3. The fraction of sp³-hybridized carbons (Fsp3) is 0.417. The topological polar surface area (TPSA) is 59.1 Å². The number of amides is 2. The van der Waals surface area contributed by atoms with E-state index in [9.17, 15) is 9.59 Å². The Kier molecular flexibility index (Phi) is 7.33. The summed E-state index contributed by atoms with van der Waals surface area (Å²) in [6.45, 7) is 8.70. The molecule has 0 atom stereocenters. The van der Waals surface area contributed by atoms with Gasteiger partial charge in [0.05, 0.1) is 6.61 Å². The summed E-state index contributed by atoms with van der Waals surface area (Å²) in [5.74, 6) is 1.55. The molecule has 1 aliphatic heterocycles. The fourth-order valence-corrected chi connectivity index (χ4v) is 3.43. The summed E-state index contributed by atoms with van der Waals surface area (Å²) in [5, 5.41) is 0. The highest BCUT2D eigenvalue weighted by molar-refractivity contribution is 5.94. The molecule has 0 radical (unpaired) electrons. The van der Waals surface area contributed by atoms with Gasteiger partial charge in [-0.2, -0.15) is 0 Å². The van der Waals surface area contributed by atoms with Crippen molar-refractivity contribution in [2.45, 2.75) is 26.7 Å². The van der Waals surface area contributed by atoms with E-state index in [-0.39, 0.29) is 18.4 Å². The number of hydrogen-bond acceptors (Lipinski definition) is 4. The Morgan fingerprint density at radius 2 is 1.43 bits per heavy atom. The second-order valence-electron chi connectivity index (χ2n) is 7.62. The molecule has 0 saturated carbocycles. The average Bonchev–Trinajstić information content (AvgIpc) is 2.78. The molecule has 1 fully saturated rings. The Morgan fingerprint density at radius 3 is 2.00 bits per heavy atom. The highest BCUT2D eigenvalue weighted by Gasteiger charge is 2.25. The number of rotatable bonds is 7. The van der Waals surface area contributed by atoms with E-state index in [0.717, 1.165) is 0 Å². The smallest absolute Gasteiger partial charge is 0.260 e. The van der Waals surface area contributed by atoms with Crippen LogP contribution in [0.1, 0.15) is 42.6 Å². The predicted octanol–water partition coefficient (Wildman–Crippen LogP) is 3.57. The van der Waals surface area contributed by atoms with Gasteiger partial charge in [-0.25, -0.2) is 0 Å². The molecule has 6 nitrogen and oxygen atoms in total. The van der Waals surface area contributed by atoms with Gasteiger partial charge in [0.1, 0.15) is 0 Å². The zero-order chi connectivity index (χ0) is 21.5. The van der Waals surface area contributed by atoms with Crippen LogP contribution in [0.15, 0.2) is 48.5 Å². The monoisotopic (exact) mass is 410 g/mol. The van der Waals surface area contributed by atoms with Gasteiger partial charge in [0.2, 0.25) is 0 Å². The van der Waals surface area contributed by atoms with E-state index in [4.69, 9.17) is 9.47 Å². The van der Waals surface area contributed by atoms with Crippen molar-refractivity contribution >= 4 is 11.8 Å². The molecule has 2 aromatic rings. The first-order chi connectivity index (χ1) is 14.5. The number of benzene rings is 2. The molecule has 1 heterocycles. The zero-order valence-electron chi connectivity index (χ0n) is 18.0. The van der Waals surface area contributed by atoms with E-state index in [0.29, 0.717) is 55.8 Å². The van der Waals surface area contributed by atoms with Crippen molar-refractivity contribution in [2.75, 3.05) is 39.4 Å². The molecule has 0 N–H and O–H groups in total. The first-order valence-corrected chi connectivity index (χ1v) is 10.5. The van der Waals surface area contributed by atoms with Crippen LogP contribution in [-0.2, 0) is 4.79 Å². The SMILES string of the molecule is CCOc1ccccc1OCC(=O)N1CCN(C(=O)c2ccc(C(C)C)cc2)CC1. The Bertz CT molecular complexity index is 856. The molecule has 30 heavy (non-hydrogen) atoms. The van der Waals surface area contributed by atoms with Gasteiger partial charge >= 0.3 is 0 Å². The number of ether oxygens (including phenoxy) is 2. The van der Waals surface area contributed by atoms with Gasteiger partial charge < -0.3 is 19.3 Å². The lowest BCUT2D eigenvalue weighted by atomic mass is 10.0. The number of hydrogen-bond donors (Lipinski definition) is 0. The lowest BCUT2D eigenvalue weighted by Gasteiger charge is -2.34. The summed E-state index contributed by atoms with van der Waals surface area (Å²) in [7, 11) is 0. The number of para-hydroxylation sites is 2. The molecule has 1 aliphatic rings. The predicted molar refractivity (Wildman–Crippen MR) is 116 cm³/mol. The summed E-state index contributed by atoms with van der Waals surface area (Å²) in [6.07, 6.45) is 0. The molecule has 0 aliphatic carbocycles. The third kappa shape index (κ3) is 5.32. The number of carbonyl (C=O) groups excluding carboxylic acids is 2. The fourth-order valence-electron chi connectivity index (χ4n) is 3.43. The van der Waals surface area contributed by atoms with Gasteiger partial charge in [0.15, 0.2) is 18.1 Å². The van der Waals surface area contributed by atoms with Gasteiger partial charge in [-0.15, -0.1) is 0 Å². The van der Waals surface area contributed by atoms with Crippen molar-refractivity contribution in [3.63, 3.8) is 0 Å². The van der Waals surface area contributed by atoms with Crippen molar-refractivity contribution in [1.82, 2.24) is 9.80 Å². The first-order valence-electron chi connectivity index (χ1n) is 10.5. The van der Waals surface area contributed by atoms with Crippen molar-refractivity contribution in [3.8, 4) is 11.5 Å². The van der Waals surface area contributed by atoms with Crippen LogP contribution in [0.25, 0.3) is 0 Å². The largest absolute Gasteiger partial charge is 0.490 e. The maximum atomic E-state index is 12.8. The second kappa shape index (κ2) is 10.1. The molecule has 0 spiro atoms. The number of nitrogens with zero attached hydrogens (tertiary/aromatic N) is 2. The molecule has 6 heteroatoms. The van der Waals surface area contributed by atoms with E-state index >= 15 is 0 Å². The first kappa shape index (κ1) is 21.7. The van der Waals surface area contributed by atoms with Crippen LogP contribution in [-0.4, -0.2) is 61.0 Å². The Labute approximate surface area is 178 Å². The minimum atomic E-state index is -0.0883. The maximum Gasteiger partial charge on any atom is 0.260 e. The van der Waals surface area contributed by atoms with Gasteiger partial charge in [-0.05, 0) is 42.7 Å². The molecule has 2 amide bonds. The molecule has 160 valence electrons. The third-order valence-electron chi connectivity index (χ3n) is 5.24. The van der Waals surface area contributed by atoms with Crippen LogP contribution in [0.5, 0.6) is 11.5 Å². The van der Waals surface area contributed by atoms with Gasteiger partial charge in [0.25, 0.3) is 11.8 Å². The summed E-state index contributed by atoms with van der Waals surface area (Å²) >= 11 is 0. The number of carbonyl (C=O) groups is 2. The highest BCUT2D eigenvalue weighted by atomic mass is 16.5. The van der Waals surface area contributed by atoms with Crippen molar-refractivity contribution in [1.29, 1.82) is 0 Å². The molecule has 0 bridgehead atoms. The quantitative estimate of drug-likeness (QED) is 0.700. The van der Waals surface area contributed by atoms with Crippen LogP contribution in [0.2, 0.25) is 0 Å². The van der Waals surface area contributed by atoms with E-state index < -0.39 is 0 Å². The van der Waals surface area contributed by atoms with Gasteiger partial charge in [-0.1, -0.05) is 38.1 Å². The van der Waals surface area contributed by atoms with Crippen molar-refractivity contribution in [2.24, 2.45) is 0 Å². The van der Waals surface area contributed by atoms with Crippen LogP contribution in [0, 0.1) is 0 Å².